The van der Waals surface area contributed by atoms with E-state index in [0.717, 1.165) is 6.42 Å². The molecule has 3 rings (SSSR count). The molecule has 0 aromatic carbocycles. The first-order valence-corrected chi connectivity index (χ1v) is 5.35. The molecule has 0 heterocycles. The van der Waals surface area contributed by atoms with Gasteiger partial charge in [-0.25, -0.2) is 0 Å². The molecular formula is C12H13NO. The van der Waals surface area contributed by atoms with Gasteiger partial charge in [0.05, 0.1) is 11.5 Å². The van der Waals surface area contributed by atoms with Crippen molar-refractivity contribution in [3.63, 3.8) is 0 Å². The maximum Gasteiger partial charge on any atom is 0.136 e. The van der Waals surface area contributed by atoms with E-state index in [1.165, 1.54) is 6.42 Å². The normalized spacial score (nSPS) is 42.2. The molecule has 0 N–H and O–H groups in total. The summed E-state index contributed by atoms with van der Waals surface area (Å²) in [5, 5.41) is 9.22. The second-order valence-corrected chi connectivity index (χ2v) is 5.05. The maximum absolute atomic E-state index is 11.1. The van der Waals surface area contributed by atoms with Crippen molar-refractivity contribution in [1.29, 1.82) is 5.26 Å². The summed E-state index contributed by atoms with van der Waals surface area (Å²) < 4.78 is 0. The standard InChI is InChI=1S/C12H13NO/c13-7-12(5-10(14)6-12)11-4-8-1-2-9(11)3-8/h1-2,8-9,11H,3-6H2. The molecule has 0 radical (unpaired) electrons. The molecule has 0 aromatic heterocycles. The van der Waals surface area contributed by atoms with Gasteiger partial charge in [0, 0.05) is 12.8 Å². The summed E-state index contributed by atoms with van der Waals surface area (Å²) in [6, 6.07) is 2.42. The van der Waals surface area contributed by atoms with Crippen molar-refractivity contribution in [3.8, 4) is 6.07 Å². The molecular weight excluding hydrogens is 174 g/mol. The second-order valence-electron chi connectivity index (χ2n) is 5.05. The Kier molecular flexibility index (Phi) is 1.45. The first-order valence-electron chi connectivity index (χ1n) is 5.35. The average Bonchev–Trinajstić information content (AvgIpc) is 2.73. The molecule has 3 unspecified atom stereocenters. The summed E-state index contributed by atoms with van der Waals surface area (Å²) in [6.45, 7) is 0. The molecule has 2 fully saturated rings. The first-order chi connectivity index (χ1) is 6.73. The maximum atomic E-state index is 11.1. The zero-order valence-electron chi connectivity index (χ0n) is 8.07. The van der Waals surface area contributed by atoms with Crippen molar-refractivity contribution in [2.45, 2.75) is 25.7 Å². The Morgan fingerprint density at radius 2 is 2.14 bits per heavy atom. The monoisotopic (exact) mass is 187 g/mol. The van der Waals surface area contributed by atoms with Gasteiger partial charge in [0.15, 0.2) is 0 Å². The minimum atomic E-state index is -0.277. The Bertz CT molecular complexity index is 355. The number of nitrogens with zero attached hydrogens (tertiary/aromatic N) is 1. The Morgan fingerprint density at radius 1 is 1.36 bits per heavy atom. The molecule has 3 aliphatic rings. The lowest BCUT2D eigenvalue weighted by Gasteiger charge is -2.41. The number of hydrogen-bond acceptors (Lipinski definition) is 2. The Balaban J connectivity index is 1.86. The fourth-order valence-corrected chi connectivity index (χ4v) is 3.49. The van der Waals surface area contributed by atoms with Gasteiger partial charge in [-0.1, -0.05) is 12.2 Å². The summed E-state index contributed by atoms with van der Waals surface area (Å²) in [6.07, 6.45) is 7.95. The van der Waals surface area contributed by atoms with Crippen molar-refractivity contribution in [1.82, 2.24) is 0 Å². The van der Waals surface area contributed by atoms with Gasteiger partial charge in [0.25, 0.3) is 0 Å². The highest BCUT2D eigenvalue weighted by molar-refractivity contribution is 5.87. The lowest BCUT2D eigenvalue weighted by molar-refractivity contribution is -0.132. The largest absolute Gasteiger partial charge is 0.300 e. The molecule has 0 saturated heterocycles. The molecule has 0 spiro atoms. The molecule has 2 saturated carbocycles. The van der Waals surface area contributed by atoms with Gasteiger partial charge in [-0.05, 0) is 30.6 Å². The average molecular weight is 187 g/mol. The van der Waals surface area contributed by atoms with Crippen LogP contribution in [0.15, 0.2) is 12.2 Å². The molecule has 72 valence electrons. The number of nitriles is 1. The Hall–Kier alpha value is -1.10. The van der Waals surface area contributed by atoms with E-state index in [-0.39, 0.29) is 11.2 Å². The fourth-order valence-electron chi connectivity index (χ4n) is 3.49. The molecule has 3 atom stereocenters. The number of carbonyl (C=O) groups excluding carboxylic acids is 1. The van der Waals surface area contributed by atoms with E-state index >= 15 is 0 Å². The lowest BCUT2D eigenvalue weighted by Crippen LogP contribution is -2.44. The van der Waals surface area contributed by atoms with Crippen molar-refractivity contribution in [2.75, 3.05) is 0 Å². The van der Waals surface area contributed by atoms with Crippen molar-refractivity contribution in [3.05, 3.63) is 12.2 Å². The van der Waals surface area contributed by atoms with Crippen LogP contribution in [0.5, 0.6) is 0 Å². The van der Waals surface area contributed by atoms with E-state index in [1.807, 2.05) is 0 Å². The Labute approximate surface area is 83.6 Å². The summed E-state index contributed by atoms with van der Waals surface area (Å²) in [7, 11) is 0. The van der Waals surface area contributed by atoms with Crippen LogP contribution in [-0.4, -0.2) is 5.78 Å². The van der Waals surface area contributed by atoms with Crippen LogP contribution in [0.4, 0.5) is 0 Å². The summed E-state index contributed by atoms with van der Waals surface area (Å²) >= 11 is 0. The van der Waals surface area contributed by atoms with Crippen LogP contribution < -0.4 is 0 Å². The van der Waals surface area contributed by atoms with Crippen LogP contribution >= 0.6 is 0 Å². The molecule has 2 heteroatoms. The number of ketones is 1. The van der Waals surface area contributed by atoms with E-state index < -0.39 is 0 Å². The molecule has 2 bridgehead atoms. The highest BCUT2D eigenvalue weighted by atomic mass is 16.1. The second kappa shape index (κ2) is 2.48. The highest BCUT2D eigenvalue weighted by Gasteiger charge is 2.55. The van der Waals surface area contributed by atoms with Crippen molar-refractivity contribution in [2.24, 2.45) is 23.2 Å². The van der Waals surface area contributed by atoms with Gasteiger partial charge in [-0.15, -0.1) is 0 Å². The molecule has 0 aliphatic heterocycles. The van der Waals surface area contributed by atoms with Gasteiger partial charge >= 0.3 is 0 Å². The van der Waals surface area contributed by atoms with E-state index in [9.17, 15) is 10.1 Å². The minimum absolute atomic E-state index is 0.276. The van der Waals surface area contributed by atoms with Crippen LogP contribution in [0.25, 0.3) is 0 Å². The highest BCUT2D eigenvalue weighted by Crippen LogP contribution is 2.57. The predicted molar refractivity (Wildman–Crippen MR) is 51.1 cm³/mol. The third-order valence-corrected chi connectivity index (χ3v) is 4.24. The van der Waals surface area contributed by atoms with E-state index in [1.54, 1.807) is 0 Å². The van der Waals surface area contributed by atoms with Gasteiger partial charge in [-0.2, -0.15) is 5.26 Å². The Morgan fingerprint density at radius 3 is 2.57 bits per heavy atom. The summed E-state index contributed by atoms with van der Waals surface area (Å²) in [4.78, 5) is 11.1. The number of rotatable bonds is 1. The van der Waals surface area contributed by atoms with Crippen molar-refractivity contribution < 1.29 is 4.79 Å². The van der Waals surface area contributed by atoms with E-state index in [2.05, 4.69) is 18.2 Å². The number of Topliss-reactive ketones (excluding diaryl/α,β-unsaturated/α-hetero) is 1. The van der Waals surface area contributed by atoms with E-state index in [0.29, 0.717) is 30.6 Å². The molecule has 14 heavy (non-hydrogen) atoms. The topological polar surface area (TPSA) is 40.9 Å². The number of carbonyl (C=O) groups is 1. The number of fused-ring (bicyclic) bond motifs is 2. The zero-order chi connectivity index (χ0) is 9.76. The molecule has 0 aromatic rings. The fraction of sp³-hybridized carbons (Fsp3) is 0.667. The zero-order valence-corrected chi connectivity index (χ0v) is 8.07. The summed E-state index contributed by atoms with van der Waals surface area (Å²) in [5.41, 5.74) is -0.277. The first kappa shape index (κ1) is 8.23. The quantitative estimate of drug-likeness (QED) is 0.589. The van der Waals surface area contributed by atoms with Gasteiger partial charge in [-0.3, -0.25) is 4.79 Å². The van der Waals surface area contributed by atoms with Crippen LogP contribution in [0.1, 0.15) is 25.7 Å². The molecule has 2 nitrogen and oxygen atoms in total. The van der Waals surface area contributed by atoms with Crippen LogP contribution in [0, 0.1) is 34.5 Å². The van der Waals surface area contributed by atoms with Gasteiger partial charge in [0.1, 0.15) is 5.78 Å². The number of hydrogen-bond donors (Lipinski definition) is 0. The minimum Gasteiger partial charge on any atom is -0.300 e. The molecule has 0 amide bonds. The van der Waals surface area contributed by atoms with Crippen LogP contribution in [0.3, 0.4) is 0 Å². The molecule has 3 aliphatic carbocycles. The van der Waals surface area contributed by atoms with Gasteiger partial charge < -0.3 is 0 Å². The van der Waals surface area contributed by atoms with Crippen LogP contribution in [0.2, 0.25) is 0 Å². The van der Waals surface area contributed by atoms with Crippen LogP contribution in [-0.2, 0) is 4.79 Å². The SMILES string of the molecule is N#CC1(C2CC3C=CC2C3)CC(=O)C1. The predicted octanol–water partition coefficient (Wildman–Crippen LogP) is 2.07. The smallest absolute Gasteiger partial charge is 0.136 e. The third-order valence-electron chi connectivity index (χ3n) is 4.24. The van der Waals surface area contributed by atoms with Crippen molar-refractivity contribution >= 4 is 5.78 Å². The summed E-state index contributed by atoms with van der Waals surface area (Å²) in [5.74, 6) is 2.04. The van der Waals surface area contributed by atoms with E-state index in [4.69, 9.17) is 0 Å². The third kappa shape index (κ3) is 0.877. The lowest BCUT2D eigenvalue weighted by atomic mass is 9.58. The number of allylic oxidation sites excluding steroid dienone is 2. The van der Waals surface area contributed by atoms with Gasteiger partial charge in [0.2, 0.25) is 0 Å².